The maximum atomic E-state index is 12.5. The Morgan fingerprint density at radius 1 is 1.27 bits per heavy atom. The monoisotopic (exact) mass is 363 g/mol. The molecule has 1 saturated heterocycles. The van der Waals surface area contributed by atoms with Crippen molar-refractivity contribution >= 4 is 5.91 Å². The van der Waals surface area contributed by atoms with E-state index in [0.717, 1.165) is 19.3 Å². The lowest BCUT2D eigenvalue weighted by Crippen LogP contribution is -2.46. The molecule has 1 aromatic rings. The number of para-hydroxylation sites is 1. The molecule has 0 radical (unpaired) electrons. The van der Waals surface area contributed by atoms with Crippen molar-refractivity contribution in [3.05, 3.63) is 30.9 Å². The van der Waals surface area contributed by atoms with Crippen molar-refractivity contribution in [2.75, 3.05) is 33.9 Å². The van der Waals surface area contributed by atoms with Crippen molar-refractivity contribution in [2.24, 2.45) is 0 Å². The maximum Gasteiger partial charge on any atom is 0.251 e. The number of methoxy groups -OCH3 is 2. The molecule has 0 spiro atoms. The average Bonchev–Trinajstić information content (AvgIpc) is 2.68. The van der Waals surface area contributed by atoms with Crippen LogP contribution in [0.25, 0.3) is 0 Å². The summed E-state index contributed by atoms with van der Waals surface area (Å²) in [7, 11) is 3.22. The molecule has 144 valence electrons. The Kier molecular flexibility index (Phi) is 7.78. The first-order valence-electron chi connectivity index (χ1n) is 8.99. The first-order valence-corrected chi connectivity index (χ1v) is 8.99. The Morgan fingerprint density at radius 2 is 1.88 bits per heavy atom. The van der Waals surface area contributed by atoms with E-state index in [9.17, 15) is 4.79 Å². The molecule has 1 atom stereocenters. The SMILES string of the molecule is C=CCCOC(C)C(=O)N1CCC(Oc2c(OC)cccc2OC)CC1. The largest absolute Gasteiger partial charge is 0.493 e. The fraction of sp³-hybridized carbons (Fsp3) is 0.550. The molecule has 0 saturated carbocycles. The van der Waals surface area contributed by atoms with Gasteiger partial charge in [0.05, 0.1) is 20.8 Å². The van der Waals surface area contributed by atoms with Crippen molar-refractivity contribution in [1.29, 1.82) is 0 Å². The number of piperidine rings is 1. The van der Waals surface area contributed by atoms with Gasteiger partial charge < -0.3 is 23.8 Å². The molecule has 1 aromatic carbocycles. The molecular formula is C20H29NO5. The first kappa shape index (κ1) is 20.1. The van der Waals surface area contributed by atoms with Crippen LogP contribution in [0, 0.1) is 0 Å². The van der Waals surface area contributed by atoms with Crippen LogP contribution in [-0.2, 0) is 9.53 Å². The molecule has 0 bridgehead atoms. The summed E-state index contributed by atoms with van der Waals surface area (Å²) in [5, 5.41) is 0. The smallest absolute Gasteiger partial charge is 0.251 e. The third-order valence-electron chi connectivity index (χ3n) is 4.46. The quantitative estimate of drug-likeness (QED) is 0.499. The van der Waals surface area contributed by atoms with E-state index in [-0.39, 0.29) is 12.0 Å². The summed E-state index contributed by atoms with van der Waals surface area (Å²) in [6.45, 7) is 7.27. The lowest BCUT2D eigenvalue weighted by atomic mass is 10.1. The van der Waals surface area contributed by atoms with E-state index in [0.29, 0.717) is 36.9 Å². The lowest BCUT2D eigenvalue weighted by molar-refractivity contribution is -0.144. The van der Waals surface area contributed by atoms with E-state index < -0.39 is 6.10 Å². The van der Waals surface area contributed by atoms with Gasteiger partial charge in [0.1, 0.15) is 12.2 Å². The molecule has 1 amide bonds. The van der Waals surface area contributed by atoms with Gasteiger partial charge in [-0.25, -0.2) is 0 Å². The summed E-state index contributed by atoms with van der Waals surface area (Å²) in [5.41, 5.74) is 0. The molecule has 6 heteroatoms. The van der Waals surface area contributed by atoms with E-state index >= 15 is 0 Å². The zero-order valence-corrected chi connectivity index (χ0v) is 15.9. The summed E-state index contributed by atoms with van der Waals surface area (Å²) in [4.78, 5) is 14.3. The van der Waals surface area contributed by atoms with Crippen LogP contribution >= 0.6 is 0 Å². The molecule has 1 aliphatic rings. The van der Waals surface area contributed by atoms with Gasteiger partial charge in [-0.2, -0.15) is 0 Å². The molecule has 6 nitrogen and oxygen atoms in total. The van der Waals surface area contributed by atoms with Crippen LogP contribution < -0.4 is 14.2 Å². The van der Waals surface area contributed by atoms with Gasteiger partial charge in [0, 0.05) is 25.9 Å². The number of carbonyl (C=O) groups excluding carboxylic acids is 1. The van der Waals surface area contributed by atoms with Gasteiger partial charge >= 0.3 is 0 Å². The number of hydrogen-bond donors (Lipinski definition) is 0. The van der Waals surface area contributed by atoms with Crippen molar-refractivity contribution < 1.29 is 23.7 Å². The molecular weight excluding hydrogens is 334 g/mol. The van der Waals surface area contributed by atoms with Crippen molar-refractivity contribution in [3.63, 3.8) is 0 Å². The highest BCUT2D eigenvalue weighted by Gasteiger charge is 2.28. The van der Waals surface area contributed by atoms with Gasteiger partial charge in [0.25, 0.3) is 5.91 Å². The zero-order valence-electron chi connectivity index (χ0n) is 15.9. The summed E-state index contributed by atoms with van der Waals surface area (Å²) in [6, 6.07) is 5.55. The van der Waals surface area contributed by atoms with Crippen molar-refractivity contribution in [3.8, 4) is 17.2 Å². The van der Waals surface area contributed by atoms with Gasteiger partial charge in [-0.15, -0.1) is 6.58 Å². The normalized spacial score (nSPS) is 16.0. The topological polar surface area (TPSA) is 57.2 Å². The summed E-state index contributed by atoms with van der Waals surface area (Å²) in [5.74, 6) is 1.94. The van der Waals surface area contributed by atoms with Crippen LogP contribution in [0.15, 0.2) is 30.9 Å². The van der Waals surface area contributed by atoms with E-state index in [4.69, 9.17) is 18.9 Å². The van der Waals surface area contributed by atoms with Crippen LogP contribution in [0.1, 0.15) is 26.2 Å². The van der Waals surface area contributed by atoms with Crippen LogP contribution in [-0.4, -0.2) is 56.9 Å². The number of carbonyl (C=O) groups is 1. The summed E-state index contributed by atoms with van der Waals surface area (Å²) >= 11 is 0. The van der Waals surface area contributed by atoms with Crippen LogP contribution in [0.2, 0.25) is 0 Å². The van der Waals surface area contributed by atoms with Crippen LogP contribution in [0.5, 0.6) is 17.2 Å². The predicted octanol–water partition coefficient (Wildman–Crippen LogP) is 3.05. The molecule has 2 rings (SSSR count). The molecule has 1 unspecified atom stereocenters. The minimum atomic E-state index is -0.429. The second-order valence-corrected chi connectivity index (χ2v) is 6.22. The fourth-order valence-corrected chi connectivity index (χ4v) is 2.95. The first-order chi connectivity index (χ1) is 12.6. The molecule has 1 aliphatic heterocycles. The number of ether oxygens (including phenoxy) is 4. The van der Waals surface area contributed by atoms with E-state index in [1.807, 2.05) is 23.1 Å². The minimum absolute atomic E-state index is 0.0150. The highest BCUT2D eigenvalue weighted by atomic mass is 16.5. The number of nitrogens with zero attached hydrogens (tertiary/aromatic N) is 1. The molecule has 0 aliphatic carbocycles. The van der Waals surface area contributed by atoms with Gasteiger partial charge in [-0.1, -0.05) is 12.1 Å². The number of hydrogen-bond acceptors (Lipinski definition) is 5. The van der Waals surface area contributed by atoms with Gasteiger partial charge in [-0.3, -0.25) is 4.79 Å². The van der Waals surface area contributed by atoms with E-state index in [1.165, 1.54) is 0 Å². The van der Waals surface area contributed by atoms with Crippen molar-refractivity contribution in [2.45, 2.75) is 38.4 Å². The molecule has 0 N–H and O–H groups in total. The molecule has 0 aromatic heterocycles. The van der Waals surface area contributed by atoms with Crippen LogP contribution in [0.4, 0.5) is 0 Å². The number of likely N-dealkylation sites (tertiary alicyclic amines) is 1. The highest BCUT2D eigenvalue weighted by molar-refractivity contribution is 5.80. The van der Waals surface area contributed by atoms with Gasteiger partial charge in [-0.05, 0) is 25.5 Å². The molecule has 1 fully saturated rings. The van der Waals surface area contributed by atoms with E-state index in [1.54, 1.807) is 27.2 Å². The van der Waals surface area contributed by atoms with Crippen LogP contribution in [0.3, 0.4) is 0 Å². The summed E-state index contributed by atoms with van der Waals surface area (Å²) < 4.78 is 22.4. The molecule has 26 heavy (non-hydrogen) atoms. The van der Waals surface area contributed by atoms with E-state index in [2.05, 4.69) is 6.58 Å². The highest BCUT2D eigenvalue weighted by Crippen LogP contribution is 2.38. The Hall–Kier alpha value is -2.21. The van der Waals surface area contributed by atoms with Gasteiger partial charge in [0.15, 0.2) is 11.5 Å². The number of amides is 1. The Morgan fingerprint density at radius 3 is 2.42 bits per heavy atom. The lowest BCUT2D eigenvalue weighted by Gasteiger charge is -2.34. The minimum Gasteiger partial charge on any atom is -0.493 e. The summed E-state index contributed by atoms with van der Waals surface area (Å²) in [6.07, 6.45) is 3.63. The molecule has 1 heterocycles. The number of benzene rings is 1. The fourth-order valence-electron chi connectivity index (χ4n) is 2.95. The number of rotatable bonds is 9. The zero-order chi connectivity index (χ0) is 18.9. The third-order valence-corrected chi connectivity index (χ3v) is 4.46. The van der Waals surface area contributed by atoms with Crippen molar-refractivity contribution in [1.82, 2.24) is 4.90 Å². The third kappa shape index (κ3) is 5.14. The predicted molar refractivity (Wildman–Crippen MR) is 100 cm³/mol. The Labute approximate surface area is 155 Å². The maximum absolute atomic E-state index is 12.5. The second-order valence-electron chi connectivity index (χ2n) is 6.22. The Balaban J connectivity index is 1.89. The second kappa shape index (κ2) is 10.1. The Bertz CT molecular complexity index is 574. The standard InChI is InChI=1S/C20H29NO5/c1-5-6-14-25-15(2)20(22)21-12-10-16(11-13-21)26-19-17(23-3)8-7-9-18(19)24-4/h5,7-9,15-16H,1,6,10-14H2,2-4H3. The average molecular weight is 363 g/mol. The van der Waals surface area contributed by atoms with Gasteiger partial charge in [0.2, 0.25) is 5.75 Å².